The van der Waals surface area contributed by atoms with Crippen molar-refractivity contribution in [2.45, 2.75) is 70.5 Å². The molecule has 3 atom stereocenters. The zero-order valence-electron chi connectivity index (χ0n) is 13.5. The number of hydrogen-bond acceptors (Lipinski definition) is 3. The highest BCUT2D eigenvalue weighted by molar-refractivity contribution is 5.97. The van der Waals surface area contributed by atoms with Crippen molar-refractivity contribution >= 4 is 11.8 Å². The number of amides is 2. The van der Waals surface area contributed by atoms with E-state index in [1.165, 1.54) is 0 Å². The summed E-state index contributed by atoms with van der Waals surface area (Å²) in [5.74, 6) is 0.274. The van der Waals surface area contributed by atoms with Crippen LogP contribution < -0.4 is 0 Å². The normalized spacial score (nSPS) is 27.8. The molecule has 0 aromatic heterocycles. The van der Waals surface area contributed by atoms with E-state index < -0.39 is 0 Å². The minimum absolute atomic E-state index is 0.0190. The Morgan fingerprint density at radius 2 is 2.00 bits per heavy atom. The highest BCUT2D eigenvalue weighted by Crippen LogP contribution is 2.29. The molecule has 2 amide bonds. The maximum Gasteiger partial charge on any atom is 0.246 e. The fourth-order valence-electron chi connectivity index (χ4n) is 3.72. The van der Waals surface area contributed by atoms with Crippen molar-refractivity contribution in [3.8, 4) is 0 Å². The smallest absolute Gasteiger partial charge is 0.246 e. The summed E-state index contributed by atoms with van der Waals surface area (Å²) in [6, 6.07) is -0.519. The molecule has 2 rings (SSSR count). The summed E-state index contributed by atoms with van der Waals surface area (Å²) in [6.45, 7) is 5.34. The Morgan fingerprint density at radius 1 is 1.24 bits per heavy atom. The van der Waals surface area contributed by atoms with Crippen LogP contribution in [-0.4, -0.2) is 60.0 Å². The monoisotopic (exact) mass is 296 g/mol. The zero-order chi connectivity index (χ0) is 15.4. The first-order chi connectivity index (χ1) is 10.2. The SMILES string of the molecule is CCCC(COC)N1C(=O)C2CCCCN2C(=O)C1CC. The lowest BCUT2D eigenvalue weighted by Crippen LogP contribution is -2.68. The molecule has 0 N–H and O–H groups in total. The van der Waals surface area contributed by atoms with E-state index in [0.29, 0.717) is 13.0 Å². The third-order valence-corrected chi connectivity index (χ3v) is 4.71. The Bertz CT molecular complexity index is 380. The summed E-state index contributed by atoms with van der Waals surface area (Å²) in [6.07, 6.45) is 5.41. The number of piperidine rings is 1. The van der Waals surface area contributed by atoms with Gasteiger partial charge in [-0.1, -0.05) is 20.3 Å². The molecule has 2 aliphatic heterocycles. The van der Waals surface area contributed by atoms with Gasteiger partial charge in [-0.05, 0) is 32.1 Å². The van der Waals surface area contributed by atoms with E-state index in [-0.39, 0.29) is 29.9 Å². The van der Waals surface area contributed by atoms with Crippen molar-refractivity contribution in [3.05, 3.63) is 0 Å². The number of nitrogens with zero attached hydrogens (tertiary/aromatic N) is 2. The highest BCUT2D eigenvalue weighted by atomic mass is 16.5. The van der Waals surface area contributed by atoms with Crippen LogP contribution in [0.15, 0.2) is 0 Å². The van der Waals surface area contributed by atoms with Gasteiger partial charge in [-0.25, -0.2) is 0 Å². The maximum atomic E-state index is 12.9. The van der Waals surface area contributed by atoms with Gasteiger partial charge in [-0.3, -0.25) is 9.59 Å². The van der Waals surface area contributed by atoms with Crippen molar-refractivity contribution in [2.24, 2.45) is 0 Å². The van der Waals surface area contributed by atoms with E-state index in [9.17, 15) is 9.59 Å². The molecule has 0 aliphatic carbocycles. The largest absolute Gasteiger partial charge is 0.383 e. The predicted octanol–water partition coefficient (Wildman–Crippen LogP) is 1.80. The molecule has 0 aromatic carbocycles. The molecule has 120 valence electrons. The Hall–Kier alpha value is -1.10. The first-order valence-corrected chi connectivity index (χ1v) is 8.27. The van der Waals surface area contributed by atoms with Crippen LogP contribution in [0.25, 0.3) is 0 Å². The Morgan fingerprint density at radius 3 is 2.62 bits per heavy atom. The first-order valence-electron chi connectivity index (χ1n) is 8.27. The Kier molecular flexibility index (Phi) is 5.62. The molecule has 0 bridgehead atoms. The highest BCUT2D eigenvalue weighted by Gasteiger charge is 2.47. The van der Waals surface area contributed by atoms with Crippen LogP contribution in [0.5, 0.6) is 0 Å². The molecule has 0 saturated carbocycles. The molecule has 2 aliphatic rings. The van der Waals surface area contributed by atoms with Gasteiger partial charge in [0.05, 0.1) is 12.6 Å². The van der Waals surface area contributed by atoms with E-state index in [4.69, 9.17) is 4.74 Å². The number of rotatable bonds is 6. The van der Waals surface area contributed by atoms with Crippen molar-refractivity contribution in [2.75, 3.05) is 20.3 Å². The van der Waals surface area contributed by atoms with Gasteiger partial charge in [-0.2, -0.15) is 0 Å². The van der Waals surface area contributed by atoms with Crippen LogP contribution >= 0.6 is 0 Å². The molecule has 21 heavy (non-hydrogen) atoms. The van der Waals surface area contributed by atoms with Gasteiger partial charge in [-0.15, -0.1) is 0 Å². The molecule has 5 nitrogen and oxygen atoms in total. The van der Waals surface area contributed by atoms with Crippen LogP contribution in [0.4, 0.5) is 0 Å². The molecule has 5 heteroatoms. The van der Waals surface area contributed by atoms with Gasteiger partial charge in [0.25, 0.3) is 0 Å². The Balaban J connectivity index is 2.27. The fourth-order valence-corrected chi connectivity index (χ4v) is 3.72. The summed E-state index contributed by atoms with van der Waals surface area (Å²) < 4.78 is 5.30. The maximum absolute atomic E-state index is 12.9. The van der Waals surface area contributed by atoms with Crippen LogP contribution in [0.2, 0.25) is 0 Å². The lowest BCUT2D eigenvalue weighted by molar-refractivity contribution is -0.168. The number of fused-ring (bicyclic) bond motifs is 1. The summed E-state index contributed by atoms with van der Waals surface area (Å²) in [5.41, 5.74) is 0. The van der Waals surface area contributed by atoms with Gasteiger partial charge in [0.1, 0.15) is 12.1 Å². The minimum atomic E-state index is -0.307. The molecule has 0 aromatic rings. The van der Waals surface area contributed by atoms with Crippen LogP contribution in [0.3, 0.4) is 0 Å². The number of carbonyl (C=O) groups excluding carboxylic acids is 2. The molecule has 3 unspecified atom stereocenters. The summed E-state index contributed by atoms with van der Waals surface area (Å²) in [4.78, 5) is 29.4. The minimum Gasteiger partial charge on any atom is -0.383 e. The third kappa shape index (κ3) is 3.07. The Labute approximate surface area is 127 Å². The quantitative estimate of drug-likeness (QED) is 0.751. The van der Waals surface area contributed by atoms with Gasteiger partial charge < -0.3 is 14.5 Å². The average Bonchev–Trinajstić information content (AvgIpc) is 2.50. The van der Waals surface area contributed by atoms with Crippen LogP contribution in [0, 0.1) is 0 Å². The second kappa shape index (κ2) is 7.25. The lowest BCUT2D eigenvalue weighted by atomic mass is 9.92. The topological polar surface area (TPSA) is 49.9 Å². The molecule has 0 radical (unpaired) electrons. The van der Waals surface area contributed by atoms with Gasteiger partial charge in [0, 0.05) is 13.7 Å². The molecular weight excluding hydrogens is 268 g/mol. The average molecular weight is 296 g/mol. The summed E-state index contributed by atoms with van der Waals surface area (Å²) >= 11 is 0. The van der Waals surface area contributed by atoms with Crippen molar-refractivity contribution in [3.63, 3.8) is 0 Å². The molecule has 2 fully saturated rings. The molecule has 0 spiro atoms. The number of ether oxygens (including phenoxy) is 1. The van der Waals surface area contributed by atoms with E-state index >= 15 is 0 Å². The number of hydrogen-bond donors (Lipinski definition) is 0. The van der Waals surface area contributed by atoms with E-state index in [1.54, 1.807) is 7.11 Å². The van der Waals surface area contributed by atoms with E-state index in [0.717, 1.165) is 38.6 Å². The van der Waals surface area contributed by atoms with Gasteiger partial charge in [0.2, 0.25) is 11.8 Å². The lowest BCUT2D eigenvalue weighted by Gasteiger charge is -2.49. The summed E-state index contributed by atoms with van der Waals surface area (Å²) in [5, 5.41) is 0. The molecule has 2 heterocycles. The van der Waals surface area contributed by atoms with Crippen LogP contribution in [-0.2, 0) is 14.3 Å². The molecular formula is C16H28N2O3. The number of carbonyl (C=O) groups is 2. The zero-order valence-corrected chi connectivity index (χ0v) is 13.5. The van der Waals surface area contributed by atoms with E-state index in [2.05, 4.69) is 6.92 Å². The standard InChI is InChI=1S/C16H28N2O3/c1-4-8-12(11-21-3)18-13(5-2)15(19)17-10-7-6-9-14(17)16(18)20/h12-14H,4-11H2,1-3H3. The number of methoxy groups -OCH3 is 1. The van der Waals surface area contributed by atoms with Crippen molar-refractivity contribution < 1.29 is 14.3 Å². The van der Waals surface area contributed by atoms with Gasteiger partial charge >= 0.3 is 0 Å². The first kappa shape index (κ1) is 16.3. The summed E-state index contributed by atoms with van der Waals surface area (Å²) in [7, 11) is 1.66. The fraction of sp³-hybridized carbons (Fsp3) is 0.875. The number of piperazine rings is 1. The van der Waals surface area contributed by atoms with Crippen LogP contribution in [0.1, 0.15) is 52.4 Å². The molecule has 2 saturated heterocycles. The van der Waals surface area contributed by atoms with Gasteiger partial charge in [0.15, 0.2) is 0 Å². The van der Waals surface area contributed by atoms with E-state index in [1.807, 2.05) is 16.7 Å². The third-order valence-electron chi connectivity index (χ3n) is 4.71. The second-order valence-corrected chi connectivity index (χ2v) is 6.11. The predicted molar refractivity (Wildman–Crippen MR) is 80.8 cm³/mol. The van der Waals surface area contributed by atoms with Crippen molar-refractivity contribution in [1.29, 1.82) is 0 Å². The second-order valence-electron chi connectivity index (χ2n) is 6.11. The van der Waals surface area contributed by atoms with Crippen molar-refractivity contribution in [1.82, 2.24) is 9.80 Å².